The van der Waals surface area contributed by atoms with E-state index in [1.807, 2.05) is 58.1 Å². The van der Waals surface area contributed by atoms with Crippen LogP contribution >= 0.6 is 12.2 Å². The zero-order chi connectivity index (χ0) is 27.4. The van der Waals surface area contributed by atoms with Crippen molar-refractivity contribution in [2.24, 2.45) is 0 Å². The van der Waals surface area contributed by atoms with Gasteiger partial charge in [0.15, 0.2) is 5.11 Å². The lowest BCUT2D eigenvalue weighted by Gasteiger charge is -2.29. The number of nitrogens with zero attached hydrogens (tertiary/aromatic N) is 3. The Kier molecular flexibility index (Phi) is 7.55. The van der Waals surface area contributed by atoms with E-state index in [0.717, 1.165) is 17.1 Å². The lowest BCUT2D eigenvalue weighted by molar-refractivity contribution is -0.116. The summed E-state index contributed by atoms with van der Waals surface area (Å²) in [5.74, 6) is -0.557. The van der Waals surface area contributed by atoms with Crippen LogP contribution in [0.4, 0.5) is 5.69 Å². The summed E-state index contributed by atoms with van der Waals surface area (Å²) < 4.78 is 7.35. The number of nitrogens with one attached hydrogen (secondary N) is 2. The molecule has 3 heterocycles. The van der Waals surface area contributed by atoms with Gasteiger partial charge >= 0.3 is 5.97 Å². The third kappa shape index (κ3) is 5.46. The van der Waals surface area contributed by atoms with Crippen molar-refractivity contribution in [2.45, 2.75) is 18.5 Å². The van der Waals surface area contributed by atoms with Crippen LogP contribution in [0.3, 0.4) is 0 Å². The number of carboxylic acids is 1. The number of pyridine rings is 1. The first-order valence-electron chi connectivity index (χ1n) is 12.4. The molecule has 5 rings (SSSR count). The molecule has 3 N–H and O–H groups in total. The van der Waals surface area contributed by atoms with Gasteiger partial charge in [-0.25, -0.2) is 4.79 Å². The van der Waals surface area contributed by atoms with Crippen LogP contribution in [0.1, 0.15) is 40.3 Å². The molecule has 0 aliphatic carbocycles. The Morgan fingerprint density at radius 1 is 1.05 bits per heavy atom. The number of ether oxygens (including phenoxy) is 1. The summed E-state index contributed by atoms with van der Waals surface area (Å²) in [7, 11) is 1.56. The predicted molar refractivity (Wildman–Crippen MR) is 151 cm³/mol. The first-order valence-corrected chi connectivity index (χ1v) is 12.8. The quantitative estimate of drug-likeness (QED) is 0.264. The van der Waals surface area contributed by atoms with Crippen molar-refractivity contribution >= 4 is 34.9 Å². The third-order valence-corrected chi connectivity index (χ3v) is 6.99. The molecule has 10 heteroatoms. The van der Waals surface area contributed by atoms with Gasteiger partial charge < -0.3 is 29.9 Å². The molecule has 2 atom stereocenters. The maximum atomic E-state index is 12.9. The van der Waals surface area contributed by atoms with Gasteiger partial charge in [0, 0.05) is 36.7 Å². The SMILES string of the molecule is COc1ccccc1NC(=O)CCN1C(=S)NC(c2ccccn2)C1c1cccn1-c1ccc(C(=O)O)cc1. The molecule has 198 valence electrons. The van der Waals surface area contributed by atoms with Crippen molar-refractivity contribution in [3.8, 4) is 11.4 Å². The molecule has 1 saturated heterocycles. The third-order valence-electron chi connectivity index (χ3n) is 6.63. The average Bonchev–Trinajstić information content (AvgIpc) is 3.57. The Balaban J connectivity index is 1.44. The van der Waals surface area contributed by atoms with Crippen molar-refractivity contribution in [3.05, 3.63) is 108 Å². The van der Waals surface area contributed by atoms with Gasteiger partial charge in [-0.05, 0) is 72.9 Å². The summed E-state index contributed by atoms with van der Waals surface area (Å²) in [6.45, 7) is 0.365. The van der Waals surface area contributed by atoms with Gasteiger partial charge in [0.25, 0.3) is 0 Å². The number of carbonyl (C=O) groups is 2. The van der Waals surface area contributed by atoms with Crippen LogP contribution in [0.5, 0.6) is 5.75 Å². The summed E-state index contributed by atoms with van der Waals surface area (Å²) in [4.78, 5) is 30.9. The van der Waals surface area contributed by atoms with Crippen molar-refractivity contribution in [1.82, 2.24) is 19.8 Å². The molecular weight excluding hydrogens is 514 g/mol. The molecule has 1 fully saturated rings. The summed E-state index contributed by atoms with van der Waals surface area (Å²) in [5.41, 5.74) is 3.37. The normalized spacial score (nSPS) is 16.5. The molecule has 0 bridgehead atoms. The van der Waals surface area contributed by atoms with Crippen LogP contribution in [0, 0.1) is 0 Å². The Morgan fingerprint density at radius 2 is 1.82 bits per heavy atom. The van der Waals surface area contributed by atoms with Crippen molar-refractivity contribution in [2.75, 3.05) is 19.0 Å². The number of aromatic carboxylic acids is 1. The van der Waals surface area contributed by atoms with Gasteiger partial charge in [0.2, 0.25) is 5.91 Å². The number of carbonyl (C=O) groups excluding carboxylic acids is 1. The molecule has 1 amide bonds. The van der Waals surface area contributed by atoms with Crippen LogP contribution in [-0.2, 0) is 4.79 Å². The highest BCUT2D eigenvalue weighted by Crippen LogP contribution is 2.39. The first-order chi connectivity index (χ1) is 19.0. The number of hydrogen-bond acceptors (Lipinski definition) is 5. The van der Waals surface area contributed by atoms with E-state index in [1.165, 1.54) is 0 Å². The lowest BCUT2D eigenvalue weighted by Crippen LogP contribution is -2.33. The molecular formula is C29H27N5O4S. The van der Waals surface area contributed by atoms with Crippen LogP contribution in [0.25, 0.3) is 5.69 Å². The first kappa shape index (κ1) is 25.9. The molecule has 0 spiro atoms. The van der Waals surface area contributed by atoms with E-state index in [9.17, 15) is 14.7 Å². The fourth-order valence-corrected chi connectivity index (χ4v) is 5.12. The number of aromatic nitrogens is 2. The molecule has 39 heavy (non-hydrogen) atoms. The van der Waals surface area contributed by atoms with Crippen molar-refractivity contribution in [3.63, 3.8) is 0 Å². The summed E-state index contributed by atoms with van der Waals surface area (Å²) >= 11 is 5.76. The minimum Gasteiger partial charge on any atom is -0.495 e. The second-order valence-electron chi connectivity index (χ2n) is 8.97. The number of rotatable bonds is 9. The number of carboxylic acid groups (broad SMARTS) is 1. The summed E-state index contributed by atoms with van der Waals surface area (Å²) in [6.07, 6.45) is 3.86. The Morgan fingerprint density at radius 3 is 2.54 bits per heavy atom. The Bertz CT molecular complexity index is 1490. The second kappa shape index (κ2) is 11.4. The number of anilines is 1. The summed E-state index contributed by atoms with van der Waals surface area (Å²) in [6, 6.07) is 23.1. The van der Waals surface area contributed by atoms with Crippen LogP contribution < -0.4 is 15.4 Å². The lowest BCUT2D eigenvalue weighted by atomic mass is 10.0. The highest BCUT2D eigenvalue weighted by Gasteiger charge is 2.41. The minimum atomic E-state index is -0.979. The number of benzene rings is 2. The summed E-state index contributed by atoms with van der Waals surface area (Å²) in [5, 5.41) is 16.2. The largest absolute Gasteiger partial charge is 0.495 e. The maximum Gasteiger partial charge on any atom is 0.335 e. The standard InChI is InChI=1S/C29H27N5O4S/c1-38-24-10-3-2-7-21(24)31-25(35)15-18-34-27(26(32-29(34)39)22-8-4-5-16-30-22)23-9-6-17-33(23)20-13-11-19(12-14-20)28(36)37/h2-14,16-17,26-27H,15,18H2,1H3,(H,31,35)(H,32,39)(H,36,37). The molecule has 2 aromatic carbocycles. The molecule has 1 aliphatic rings. The topological polar surface area (TPSA) is 109 Å². The van der Waals surface area contributed by atoms with Gasteiger partial charge in [0.1, 0.15) is 5.75 Å². The molecule has 0 saturated carbocycles. The zero-order valence-corrected chi connectivity index (χ0v) is 22.0. The number of amides is 1. The molecule has 2 unspecified atom stereocenters. The zero-order valence-electron chi connectivity index (χ0n) is 21.2. The van der Waals surface area contributed by atoms with E-state index in [2.05, 4.69) is 15.6 Å². The fraction of sp³-hybridized carbons (Fsp3) is 0.172. The van der Waals surface area contributed by atoms with Crippen molar-refractivity contribution < 1.29 is 19.4 Å². The smallest absolute Gasteiger partial charge is 0.335 e. The van der Waals surface area contributed by atoms with E-state index in [4.69, 9.17) is 17.0 Å². The van der Waals surface area contributed by atoms with Gasteiger partial charge in [-0.2, -0.15) is 0 Å². The number of para-hydroxylation sites is 2. The van der Waals surface area contributed by atoms with Crippen LogP contribution in [-0.4, -0.2) is 50.2 Å². The van der Waals surface area contributed by atoms with E-state index in [1.54, 1.807) is 49.7 Å². The molecule has 4 aromatic rings. The van der Waals surface area contributed by atoms with Crippen LogP contribution in [0.2, 0.25) is 0 Å². The molecule has 1 aliphatic heterocycles. The molecule has 9 nitrogen and oxygen atoms in total. The second-order valence-corrected chi connectivity index (χ2v) is 9.36. The highest BCUT2D eigenvalue weighted by molar-refractivity contribution is 7.80. The van der Waals surface area contributed by atoms with Gasteiger partial charge in [-0.15, -0.1) is 0 Å². The predicted octanol–water partition coefficient (Wildman–Crippen LogP) is 4.58. The minimum absolute atomic E-state index is 0.165. The number of thiocarbonyl (C=S) groups is 1. The van der Waals surface area contributed by atoms with E-state index in [0.29, 0.717) is 23.1 Å². The fourth-order valence-electron chi connectivity index (χ4n) is 4.79. The van der Waals surface area contributed by atoms with Gasteiger partial charge in [0.05, 0.1) is 36.1 Å². The van der Waals surface area contributed by atoms with Crippen molar-refractivity contribution in [1.29, 1.82) is 0 Å². The van der Waals surface area contributed by atoms with E-state index >= 15 is 0 Å². The van der Waals surface area contributed by atoms with Gasteiger partial charge in [-0.1, -0.05) is 18.2 Å². The van der Waals surface area contributed by atoms with E-state index < -0.39 is 5.97 Å². The monoisotopic (exact) mass is 541 g/mol. The van der Waals surface area contributed by atoms with Gasteiger partial charge in [-0.3, -0.25) is 9.78 Å². The average molecular weight is 542 g/mol. The molecule has 0 radical (unpaired) electrons. The van der Waals surface area contributed by atoms with E-state index in [-0.39, 0.29) is 30.0 Å². The Labute approximate surface area is 231 Å². The Hall–Kier alpha value is -4.70. The number of methoxy groups -OCH3 is 1. The maximum absolute atomic E-state index is 12.9. The van der Waals surface area contributed by atoms with Crippen LogP contribution in [0.15, 0.2) is 91.3 Å². The number of hydrogen-bond donors (Lipinski definition) is 3. The molecule has 2 aromatic heterocycles. The highest BCUT2D eigenvalue weighted by atomic mass is 32.1.